The Hall–Kier alpha value is -9.38. The van der Waals surface area contributed by atoms with Gasteiger partial charge in [-0.15, -0.1) is 0 Å². The Labute approximate surface area is 400 Å². The van der Waals surface area contributed by atoms with Gasteiger partial charge < -0.3 is 17.9 Å². The molecule has 0 aliphatic heterocycles. The predicted octanol–water partition coefficient (Wildman–Crippen LogP) is 17.5. The lowest BCUT2D eigenvalue weighted by Gasteiger charge is -2.15. The van der Waals surface area contributed by atoms with Crippen molar-refractivity contribution in [2.75, 3.05) is 0 Å². The van der Waals surface area contributed by atoms with E-state index in [0.29, 0.717) is 0 Å². The summed E-state index contributed by atoms with van der Waals surface area (Å²) in [7, 11) is 0. The molecule has 0 saturated heterocycles. The van der Waals surface area contributed by atoms with Gasteiger partial charge in [0.25, 0.3) is 0 Å². The molecule has 4 heteroatoms. The molecule has 0 radical (unpaired) electrons. The molecule has 0 spiro atoms. The number of aromatic nitrogens is 4. The lowest BCUT2D eigenvalue weighted by atomic mass is 9.90. The van der Waals surface area contributed by atoms with E-state index in [1.165, 1.54) is 142 Å². The molecule has 0 N–H and O–H groups in total. The third-order valence-electron chi connectivity index (χ3n) is 15.8. The lowest BCUT2D eigenvalue weighted by molar-refractivity contribution is 1.18. The number of hydrogen-bond acceptors (Lipinski definition) is 0. The van der Waals surface area contributed by atoms with Crippen molar-refractivity contribution in [3.05, 3.63) is 231 Å². The summed E-state index contributed by atoms with van der Waals surface area (Å²) >= 11 is 0. The van der Waals surface area contributed by atoms with E-state index < -0.39 is 0 Å². The molecule has 6 heterocycles. The summed E-state index contributed by atoms with van der Waals surface area (Å²) in [5, 5.41) is 15.2. The van der Waals surface area contributed by atoms with E-state index in [0.717, 1.165) is 11.4 Å². The van der Waals surface area contributed by atoms with Crippen LogP contribution in [0.5, 0.6) is 0 Å². The van der Waals surface area contributed by atoms with Crippen LogP contribution in [0.2, 0.25) is 0 Å². The molecule has 4 nitrogen and oxygen atoms in total. The molecule has 0 saturated carbocycles. The topological polar surface area (TPSA) is 18.7 Å². The van der Waals surface area contributed by atoms with Gasteiger partial charge in [-0.3, -0.25) is 0 Å². The molecule has 0 aliphatic carbocycles. The summed E-state index contributed by atoms with van der Waals surface area (Å²) < 4.78 is 10.3. The van der Waals surface area contributed by atoms with Crippen molar-refractivity contribution >= 4 is 120 Å². The van der Waals surface area contributed by atoms with E-state index in [4.69, 9.17) is 0 Å². The van der Waals surface area contributed by atoms with Crippen LogP contribution in [-0.4, -0.2) is 17.9 Å². The first-order valence-corrected chi connectivity index (χ1v) is 24.3. The average Bonchev–Trinajstić information content (AvgIpc) is 4.26. The third kappa shape index (κ3) is 4.43. The Morgan fingerprint density at radius 3 is 1.10 bits per heavy atom. The largest absolute Gasteiger partial charge is 0.309 e. The normalized spacial score (nSPS) is 12.6. The minimum Gasteiger partial charge on any atom is -0.309 e. The summed E-state index contributed by atoms with van der Waals surface area (Å²) in [6, 6.07) is 85.8. The number of rotatable bonds is 4. The van der Waals surface area contributed by atoms with E-state index >= 15 is 0 Å². The van der Waals surface area contributed by atoms with Gasteiger partial charge in [-0.05, 0) is 83.4 Å². The maximum Gasteiger partial charge on any atom is 0.0642 e. The first-order chi connectivity index (χ1) is 34.8. The molecule has 11 aromatic carbocycles. The second kappa shape index (κ2) is 13.2. The molecule has 0 bridgehead atoms. The summed E-state index contributed by atoms with van der Waals surface area (Å²) in [6.07, 6.45) is 0. The molecule has 0 amide bonds. The van der Waals surface area contributed by atoms with Crippen LogP contribution in [-0.2, 0) is 0 Å². The van der Waals surface area contributed by atoms with Crippen LogP contribution in [0, 0.1) is 0 Å². The second-order valence-electron chi connectivity index (χ2n) is 19.1. The highest BCUT2D eigenvalue weighted by Gasteiger charge is 2.32. The van der Waals surface area contributed by atoms with Crippen LogP contribution in [0.3, 0.4) is 0 Å². The monoisotopic (exact) mass is 886 g/mol. The SMILES string of the molecule is c1ccc(-c2ccccc2-c2c3c(cc4c5c6c7ccccc7n(-c7ccccc7)c6cc6c7ccccc7n(c24)c65)c2c4c5ccccc5n(-c5ccccc5)c4cc4c5ccccc5n3c42)cc1. The van der Waals surface area contributed by atoms with Gasteiger partial charge in [-0.1, -0.05) is 164 Å². The fraction of sp³-hybridized carbons (Fsp3) is 0. The van der Waals surface area contributed by atoms with E-state index in [9.17, 15) is 0 Å². The predicted molar refractivity (Wildman–Crippen MR) is 295 cm³/mol. The average molecular weight is 887 g/mol. The number of hydrogen-bond donors (Lipinski definition) is 0. The van der Waals surface area contributed by atoms with Gasteiger partial charge in [0.15, 0.2) is 0 Å². The van der Waals surface area contributed by atoms with Gasteiger partial charge >= 0.3 is 0 Å². The summed E-state index contributed by atoms with van der Waals surface area (Å²) in [6.45, 7) is 0. The highest BCUT2D eigenvalue weighted by Crippen LogP contribution is 2.55. The number of para-hydroxylation sites is 6. The van der Waals surface area contributed by atoms with Crippen LogP contribution in [0.4, 0.5) is 0 Å². The van der Waals surface area contributed by atoms with E-state index in [1.54, 1.807) is 0 Å². The van der Waals surface area contributed by atoms with Gasteiger partial charge in [-0.2, -0.15) is 0 Å². The quantitative estimate of drug-likeness (QED) is 0.168. The number of nitrogens with zero attached hydrogens (tertiary/aromatic N) is 4. The van der Waals surface area contributed by atoms with Crippen LogP contribution >= 0.6 is 0 Å². The van der Waals surface area contributed by atoms with Crippen LogP contribution in [0.25, 0.3) is 153 Å². The Kier molecular flexibility index (Phi) is 6.92. The minimum atomic E-state index is 1.16. The molecular weight excluding hydrogens is 849 g/mol. The van der Waals surface area contributed by atoms with Crippen molar-refractivity contribution in [1.29, 1.82) is 0 Å². The fourth-order valence-corrected chi connectivity index (χ4v) is 13.2. The maximum absolute atomic E-state index is 2.64. The van der Waals surface area contributed by atoms with Crippen molar-refractivity contribution in [3.63, 3.8) is 0 Å². The Morgan fingerprint density at radius 1 is 0.229 bits per heavy atom. The van der Waals surface area contributed by atoms with Gasteiger partial charge in [-0.25, -0.2) is 0 Å². The van der Waals surface area contributed by atoms with Gasteiger partial charge in [0.2, 0.25) is 0 Å². The summed E-state index contributed by atoms with van der Waals surface area (Å²) in [5.74, 6) is 0. The molecule has 17 rings (SSSR count). The number of fused-ring (bicyclic) bond motifs is 20. The molecule has 0 fully saturated rings. The Balaban J connectivity index is 1.21. The fourth-order valence-electron chi connectivity index (χ4n) is 13.2. The first kappa shape index (κ1) is 36.7. The lowest BCUT2D eigenvalue weighted by Crippen LogP contribution is -1.93. The Bertz CT molecular complexity index is 4750. The molecular formula is C66H38N4. The van der Waals surface area contributed by atoms with Crippen LogP contribution in [0.15, 0.2) is 231 Å². The van der Waals surface area contributed by atoms with E-state index in [2.05, 4.69) is 248 Å². The van der Waals surface area contributed by atoms with Crippen molar-refractivity contribution in [3.8, 4) is 33.6 Å². The van der Waals surface area contributed by atoms with Crippen LogP contribution in [0.1, 0.15) is 0 Å². The summed E-state index contributed by atoms with van der Waals surface area (Å²) in [5.41, 5.74) is 19.4. The molecule has 0 unspecified atom stereocenters. The van der Waals surface area contributed by atoms with Gasteiger partial charge in [0.05, 0.1) is 55.2 Å². The van der Waals surface area contributed by atoms with E-state index in [1.807, 2.05) is 0 Å². The van der Waals surface area contributed by atoms with Crippen molar-refractivity contribution < 1.29 is 0 Å². The van der Waals surface area contributed by atoms with E-state index in [-0.39, 0.29) is 0 Å². The van der Waals surface area contributed by atoms with Crippen molar-refractivity contribution in [2.24, 2.45) is 0 Å². The zero-order valence-corrected chi connectivity index (χ0v) is 37.7. The Morgan fingerprint density at radius 2 is 0.614 bits per heavy atom. The molecule has 0 atom stereocenters. The zero-order chi connectivity index (χ0) is 45.3. The maximum atomic E-state index is 2.64. The minimum absolute atomic E-state index is 1.16. The first-order valence-electron chi connectivity index (χ1n) is 24.3. The van der Waals surface area contributed by atoms with Gasteiger partial charge in [0, 0.05) is 81.6 Å². The van der Waals surface area contributed by atoms with Crippen LogP contribution < -0.4 is 0 Å². The standard InChI is InChI=1S/C66H38N4/c1-4-20-39(21-5-1)42-26-10-11-29-45(42)62-65-50(60-58-46-30-14-18-34-54(46)67(40-22-6-2-7-23-40)56(58)37-48-43-27-12-16-32-52(43)69(65)63(48)60)36-51-61-59-47-31-15-19-35-55(47)68(41-24-8-3-9-25-41)57(59)38-49-44-28-13-17-33-53(44)70(64(49)61)66(51)62/h1-38H. The molecule has 70 heavy (non-hydrogen) atoms. The second-order valence-corrected chi connectivity index (χ2v) is 19.1. The zero-order valence-electron chi connectivity index (χ0n) is 37.7. The smallest absolute Gasteiger partial charge is 0.0642 e. The molecule has 17 aromatic rings. The molecule has 322 valence electrons. The molecule has 6 aromatic heterocycles. The summed E-state index contributed by atoms with van der Waals surface area (Å²) in [4.78, 5) is 0. The highest BCUT2D eigenvalue weighted by molar-refractivity contribution is 6.42. The van der Waals surface area contributed by atoms with Crippen molar-refractivity contribution in [1.82, 2.24) is 17.9 Å². The molecule has 0 aliphatic rings. The van der Waals surface area contributed by atoms with Gasteiger partial charge in [0.1, 0.15) is 0 Å². The highest BCUT2D eigenvalue weighted by atomic mass is 15.0. The number of benzene rings is 11. The van der Waals surface area contributed by atoms with Crippen molar-refractivity contribution in [2.45, 2.75) is 0 Å². The third-order valence-corrected chi connectivity index (χ3v) is 15.8.